The average Bonchev–Trinajstić information content (AvgIpc) is 2.76. The molecule has 1 saturated heterocycles. The monoisotopic (exact) mass is 252 g/mol. The first kappa shape index (κ1) is 11.8. The summed E-state index contributed by atoms with van der Waals surface area (Å²) >= 11 is 1.02. The zero-order valence-corrected chi connectivity index (χ0v) is 10.1. The van der Waals surface area contributed by atoms with Crippen molar-refractivity contribution in [2.24, 2.45) is 0 Å². The minimum absolute atomic E-state index is 0.270. The second kappa shape index (κ2) is 5.09. The smallest absolute Gasteiger partial charge is 0.324 e. The Morgan fingerprint density at radius 1 is 1.53 bits per heavy atom. The number of thioether (sulfide) groups is 1. The molecular formula is C11H12N2O3S. The highest BCUT2D eigenvalue weighted by Gasteiger charge is 2.26. The molecule has 0 unspecified atom stereocenters. The van der Waals surface area contributed by atoms with E-state index in [1.165, 1.54) is 4.90 Å². The summed E-state index contributed by atoms with van der Waals surface area (Å²) in [6.07, 6.45) is 0. The second-order valence-electron chi connectivity index (χ2n) is 3.43. The summed E-state index contributed by atoms with van der Waals surface area (Å²) in [5, 5.41) is 2.32. The van der Waals surface area contributed by atoms with Gasteiger partial charge in [0.25, 0.3) is 5.24 Å². The van der Waals surface area contributed by atoms with E-state index >= 15 is 0 Å². The van der Waals surface area contributed by atoms with Gasteiger partial charge < -0.3 is 10.1 Å². The lowest BCUT2D eigenvalue weighted by Crippen LogP contribution is -2.31. The number of nitrogens with zero attached hydrogens (tertiary/aromatic N) is 1. The molecule has 1 heterocycles. The van der Waals surface area contributed by atoms with E-state index in [-0.39, 0.29) is 11.3 Å². The molecule has 3 amide bonds. The summed E-state index contributed by atoms with van der Waals surface area (Å²) in [5.74, 6) is 0.689. The highest BCUT2D eigenvalue weighted by atomic mass is 32.2. The van der Waals surface area contributed by atoms with Crippen LogP contribution >= 0.6 is 11.8 Å². The van der Waals surface area contributed by atoms with Crippen LogP contribution in [0.1, 0.15) is 0 Å². The Morgan fingerprint density at radius 2 is 2.35 bits per heavy atom. The molecule has 2 rings (SSSR count). The van der Waals surface area contributed by atoms with Crippen molar-refractivity contribution < 1.29 is 14.3 Å². The summed E-state index contributed by atoms with van der Waals surface area (Å²) in [5.41, 5.74) is 0. The molecule has 0 saturated carbocycles. The maximum Gasteiger partial charge on any atom is 0.324 e. The van der Waals surface area contributed by atoms with Gasteiger partial charge in [-0.1, -0.05) is 6.07 Å². The number of benzene rings is 1. The number of hydrogen-bond donors (Lipinski definition) is 1. The quantitative estimate of drug-likeness (QED) is 0.817. The Labute approximate surface area is 103 Å². The van der Waals surface area contributed by atoms with Crippen LogP contribution in [0, 0.1) is 0 Å². The van der Waals surface area contributed by atoms with Gasteiger partial charge in [-0.3, -0.25) is 9.69 Å². The molecule has 1 aromatic rings. The van der Waals surface area contributed by atoms with Crippen molar-refractivity contribution in [3.8, 4) is 5.75 Å². The van der Waals surface area contributed by atoms with Crippen molar-refractivity contribution in [1.29, 1.82) is 0 Å². The minimum Gasteiger partial charge on any atom is -0.497 e. The van der Waals surface area contributed by atoms with Crippen LogP contribution in [-0.4, -0.2) is 36.4 Å². The number of rotatable bonds is 2. The molecule has 1 N–H and O–H groups in total. The zero-order chi connectivity index (χ0) is 12.3. The lowest BCUT2D eigenvalue weighted by atomic mass is 10.3. The highest BCUT2D eigenvalue weighted by Crippen LogP contribution is 2.25. The molecule has 17 heavy (non-hydrogen) atoms. The maximum absolute atomic E-state index is 11.8. The van der Waals surface area contributed by atoms with Gasteiger partial charge in [-0.2, -0.15) is 0 Å². The molecule has 1 aliphatic heterocycles. The van der Waals surface area contributed by atoms with Crippen molar-refractivity contribution in [1.82, 2.24) is 10.2 Å². The molecular weight excluding hydrogens is 240 g/mol. The summed E-state index contributed by atoms with van der Waals surface area (Å²) < 4.78 is 5.07. The Balaban J connectivity index is 2.04. The van der Waals surface area contributed by atoms with Crippen LogP contribution in [0.2, 0.25) is 0 Å². The van der Waals surface area contributed by atoms with Gasteiger partial charge in [-0.05, 0) is 30.0 Å². The molecule has 6 heteroatoms. The fraction of sp³-hybridized carbons (Fsp3) is 0.273. The van der Waals surface area contributed by atoms with Gasteiger partial charge in [0.2, 0.25) is 0 Å². The van der Waals surface area contributed by atoms with Crippen molar-refractivity contribution in [3.05, 3.63) is 24.3 Å². The van der Waals surface area contributed by atoms with Gasteiger partial charge in [-0.15, -0.1) is 0 Å². The molecule has 1 aliphatic rings. The molecule has 0 atom stereocenters. The largest absolute Gasteiger partial charge is 0.497 e. The maximum atomic E-state index is 11.8. The Hall–Kier alpha value is -1.69. The van der Waals surface area contributed by atoms with Crippen LogP contribution in [0.4, 0.5) is 9.59 Å². The van der Waals surface area contributed by atoms with Gasteiger partial charge in [0.05, 0.1) is 7.11 Å². The van der Waals surface area contributed by atoms with Crippen LogP contribution < -0.4 is 10.1 Å². The van der Waals surface area contributed by atoms with Crippen molar-refractivity contribution in [3.63, 3.8) is 0 Å². The lowest BCUT2D eigenvalue weighted by molar-refractivity contribution is 0.213. The fourth-order valence-corrected chi connectivity index (χ4v) is 2.27. The molecule has 1 fully saturated rings. The number of amides is 3. The third kappa shape index (κ3) is 2.71. The SMILES string of the molecule is COc1cccc(SC(=O)N2CCNC2=O)c1. The van der Waals surface area contributed by atoms with E-state index < -0.39 is 0 Å². The van der Waals surface area contributed by atoms with Gasteiger partial charge in [-0.25, -0.2) is 4.79 Å². The molecule has 0 aromatic heterocycles. The molecule has 90 valence electrons. The number of ether oxygens (including phenoxy) is 1. The summed E-state index contributed by atoms with van der Waals surface area (Å²) in [7, 11) is 1.57. The van der Waals surface area contributed by atoms with Crippen LogP contribution in [-0.2, 0) is 0 Å². The summed E-state index contributed by atoms with van der Waals surface area (Å²) in [6, 6.07) is 6.84. The Bertz CT molecular complexity index is 450. The van der Waals surface area contributed by atoms with Crippen LogP contribution in [0.5, 0.6) is 5.75 Å². The number of methoxy groups -OCH3 is 1. The molecule has 0 radical (unpaired) electrons. The van der Waals surface area contributed by atoms with Crippen molar-refractivity contribution >= 4 is 23.0 Å². The zero-order valence-electron chi connectivity index (χ0n) is 9.30. The van der Waals surface area contributed by atoms with E-state index in [2.05, 4.69) is 5.32 Å². The first-order chi connectivity index (χ1) is 8.20. The number of hydrogen-bond acceptors (Lipinski definition) is 4. The van der Waals surface area contributed by atoms with Crippen molar-refractivity contribution in [2.75, 3.05) is 20.2 Å². The molecule has 0 aliphatic carbocycles. The van der Waals surface area contributed by atoms with E-state index in [1.807, 2.05) is 0 Å². The molecule has 1 aromatic carbocycles. The van der Waals surface area contributed by atoms with Crippen LogP contribution in [0.3, 0.4) is 0 Å². The third-order valence-electron chi connectivity index (χ3n) is 2.32. The van der Waals surface area contributed by atoms with Gasteiger partial charge in [0.1, 0.15) is 5.75 Å². The lowest BCUT2D eigenvalue weighted by Gasteiger charge is -2.11. The minimum atomic E-state index is -0.328. The standard InChI is InChI=1S/C11H12N2O3S/c1-16-8-3-2-4-9(7-8)17-11(15)13-6-5-12-10(13)14/h2-4,7H,5-6H2,1H3,(H,12,14). The topological polar surface area (TPSA) is 58.6 Å². The van der Waals surface area contributed by atoms with Crippen LogP contribution in [0.25, 0.3) is 0 Å². The van der Waals surface area contributed by atoms with Gasteiger partial charge in [0, 0.05) is 18.0 Å². The predicted molar refractivity (Wildman–Crippen MR) is 64.4 cm³/mol. The number of imide groups is 1. The predicted octanol–water partition coefficient (Wildman–Crippen LogP) is 1.93. The fourth-order valence-electron chi connectivity index (χ4n) is 1.47. The summed E-state index contributed by atoms with van der Waals surface area (Å²) in [4.78, 5) is 25.1. The molecule has 5 nitrogen and oxygen atoms in total. The van der Waals surface area contributed by atoms with Crippen molar-refractivity contribution in [2.45, 2.75) is 4.90 Å². The molecule has 0 spiro atoms. The first-order valence-electron chi connectivity index (χ1n) is 5.12. The normalized spacial score (nSPS) is 14.6. The van der Waals surface area contributed by atoms with Crippen LogP contribution in [0.15, 0.2) is 29.2 Å². The molecule has 0 bridgehead atoms. The number of urea groups is 1. The Kier molecular flexibility index (Phi) is 3.53. The van der Waals surface area contributed by atoms with Gasteiger partial charge >= 0.3 is 6.03 Å². The number of carbonyl (C=O) groups is 2. The summed E-state index contributed by atoms with van der Waals surface area (Å²) in [6.45, 7) is 0.942. The van der Waals surface area contributed by atoms with E-state index in [4.69, 9.17) is 4.74 Å². The second-order valence-corrected chi connectivity index (χ2v) is 4.46. The number of nitrogens with one attached hydrogen (secondary N) is 1. The number of carbonyl (C=O) groups excluding carboxylic acids is 2. The van der Waals surface area contributed by atoms with Gasteiger partial charge in [0.15, 0.2) is 0 Å². The van der Waals surface area contributed by atoms with E-state index in [0.29, 0.717) is 18.8 Å². The van der Waals surface area contributed by atoms with E-state index in [1.54, 1.807) is 31.4 Å². The third-order valence-corrected chi connectivity index (χ3v) is 3.21. The first-order valence-corrected chi connectivity index (χ1v) is 5.93. The van der Waals surface area contributed by atoms with E-state index in [9.17, 15) is 9.59 Å². The Morgan fingerprint density at radius 3 is 3.00 bits per heavy atom. The average molecular weight is 252 g/mol. The highest BCUT2D eigenvalue weighted by molar-refractivity contribution is 8.13. The van der Waals surface area contributed by atoms with E-state index in [0.717, 1.165) is 16.7 Å².